The summed E-state index contributed by atoms with van der Waals surface area (Å²) in [6, 6.07) is 12.6. The maximum atomic E-state index is 12.3. The number of fused-ring (bicyclic) bond motifs is 1. The second-order valence-electron chi connectivity index (χ2n) is 5.79. The number of methoxy groups -OCH3 is 1. The molecule has 9 heteroatoms. The molecule has 28 heavy (non-hydrogen) atoms. The molecule has 142 valence electrons. The lowest BCUT2D eigenvalue weighted by Gasteiger charge is -2.04. The summed E-state index contributed by atoms with van der Waals surface area (Å²) in [4.78, 5) is 20.7. The number of benzene rings is 2. The van der Waals surface area contributed by atoms with Gasteiger partial charge in [-0.15, -0.1) is 11.3 Å². The molecule has 8 nitrogen and oxygen atoms in total. The highest BCUT2D eigenvalue weighted by Crippen LogP contribution is 2.19. The van der Waals surface area contributed by atoms with Gasteiger partial charge >= 0.3 is 0 Å². The fourth-order valence-electron chi connectivity index (χ4n) is 2.49. The zero-order valence-electron chi connectivity index (χ0n) is 14.9. The molecule has 0 saturated heterocycles. The zero-order valence-corrected chi connectivity index (χ0v) is 15.7. The highest BCUT2D eigenvalue weighted by molar-refractivity contribution is 7.16. The summed E-state index contributed by atoms with van der Waals surface area (Å²) in [6.45, 7) is 0.293. The molecule has 0 aliphatic carbocycles. The number of carbonyl (C=O) groups excluding carboxylic acids is 1. The van der Waals surface area contributed by atoms with E-state index in [2.05, 4.69) is 20.4 Å². The van der Waals surface area contributed by atoms with E-state index >= 15 is 0 Å². The van der Waals surface area contributed by atoms with Gasteiger partial charge in [0.05, 0.1) is 29.4 Å². The smallest absolute Gasteiger partial charge is 0.251 e. The number of aromatic nitrogens is 3. The predicted molar refractivity (Wildman–Crippen MR) is 102 cm³/mol. The van der Waals surface area contributed by atoms with Crippen molar-refractivity contribution in [3.63, 3.8) is 0 Å². The fourth-order valence-corrected chi connectivity index (χ4v) is 3.21. The van der Waals surface area contributed by atoms with E-state index in [0.717, 1.165) is 16.0 Å². The van der Waals surface area contributed by atoms with Crippen LogP contribution >= 0.6 is 11.3 Å². The highest BCUT2D eigenvalue weighted by atomic mass is 32.1. The minimum Gasteiger partial charge on any atom is -0.497 e. The lowest BCUT2D eigenvalue weighted by Crippen LogP contribution is -2.22. The number of nitrogens with one attached hydrogen (secondary N) is 1. The molecule has 1 N–H and O–H groups in total. The van der Waals surface area contributed by atoms with Crippen molar-refractivity contribution < 1.29 is 18.8 Å². The van der Waals surface area contributed by atoms with Crippen molar-refractivity contribution >= 4 is 27.5 Å². The lowest BCUT2D eigenvalue weighted by atomic mass is 10.2. The van der Waals surface area contributed by atoms with Crippen LogP contribution in [-0.4, -0.2) is 28.1 Å². The Morgan fingerprint density at radius 3 is 2.82 bits per heavy atom. The Morgan fingerprint density at radius 1 is 1.18 bits per heavy atom. The molecule has 2 aromatic heterocycles. The standard InChI is InChI=1S/C19H16N4O4S/c1-25-13-3-5-14(6-4-13)26-10-17-22-18(27-23-17)9-20-19(24)12-2-7-15-16(8-12)28-11-21-15/h2-8,11H,9-10H2,1H3,(H,20,24). The molecule has 0 saturated carbocycles. The van der Waals surface area contributed by atoms with Gasteiger partial charge < -0.3 is 19.3 Å². The van der Waals surface area contributed by atoms with Crippen LogP contribution in [0.2, 0.25) is 0 Å². The van der Waals surface area contributed by atoms with Crippen LogP contribution in [0.3, 0.4) is 0 Å². The summed E-state index contributed by atoms with van der Waals surface area (Å²) in [5.41, 5.74) is 3.18. The molecule has 0 aliphatic heterocycles. The average molecular weight is 396 g/mol. The minimum atomic E-state index is -0.218. The van der Waals surface area contributed by atoms with Crippen molar-refractivity contribution in [1.82, 2.24) is 20.4 Å². The summed E-state index contributed by atoms with van der Waals surface area (Å²) in [7, 11) is 1.60. The minimum absolute atomic E-state index is 0.134. The number of hydrogen-bond acceptors (Lipinski definition) is 8. The van der Waals surface area contributed by atoms with E-state index in [1.54, 1.807) is 43.0 Å². The van der Waals surface area contributed by atoms with Crippen LogP contribution in [0.5, 0.6) is 11.5 Å². The van der Waals surface area contributed by atoms with Crippen LogP contribution < -0.4 is 14.8 Å². The molecule has 4 rings (SSSR count). The van der Waals surface area contributed by atoms with Gasteiger partial charge in [0.15, 0.2) is 6.61 Å². The molecule has 1 amide bonds. The number of hydrogen-bond donors (Lipinski definition) is 1. The van der Waals surface area contributed by atoms with Gasteiger partial charge in [0.25, 0.3) is 5.91 Å². The number of rotatable bonds is 7. The Kier molecular flexibility index (Phi) is 5.16. The topological polar surface area (TPSA) is 99.4 Å². The number of nitrogens with zero attached hydrogens (tertiary/aromatic N) is 3. The van der Waals surface area contributed by atoms with Crippen LogP contribution in [-0.2, 0) is 13.2 Å². The van der Waals surface area contributed by atoms with Gasteiger partial charge in [-0.2, -0.15) is 4.98 Å². The van der Waals surface area contributed by atoms with Crippen molar-refractivity contribution in [3.8, 4) is 11.5 Å². The number of carbonyl (C=O) groups is 1. The van der Waals surface area contributed by atoms with Crippen LogP contribution in [0.25, 0.3) is 10.2 Å². The van der Waals surface area contributed by atoms with E-state index in [4.69, 9.17) is 14.0 Å². The van der Waals surface area contributed by atoms with E-state index in [1.807, 2.05) is 12.1 Å². The molecule has 2 aromatic carbocycles. The van der Waals surface area contributed by atoms with Gasteiger partial charge in [-0.1, -0.05) is 5.16 Å². The third-order valence-corrected chi connectivity index (χ3v) is 4.72. The van der Waals surface area contributed by atoms with Crippen molar-refractivity contribution in [2.24, 2.45) is 0 Å². The number of thiazole rings is 1. The SMILES string of the molecule is COc1ccc(OCc2noc(CNC(=O)c3ccc4ncsc4c3)n2)cc1. The maximum absolute atomic E-state index is 12.3. The normalized spacial score (nSPS) is 10.8. The Bertz CT molecular complexity index is 1090. The summed E-state index contributed by atoms with van der Waals surface area (Å²) in [6.07, 6.45) is 0. The van der Waals surface area contributed by atoms with Crippen molar-refractivity contribution in [1.29, 1.82) is 0 Å². The molecule has 0 unspecified atom stereocenters. The molecule has 0 spiro atoms. The first-order valence-corrected chi connectivity index (χ1v) is 9.29. The van der Waals surface area contributed by atoms with Crippen molar-refractivity contribution in [3.05, 3.63) is 65.3 Å². The van der Waals surface area contributed by atoms with E-state index in [9.17, 15) is 4.79 Å². The molecular weight excluding hydrogens is 380 g/mol. The molecule has 4 aromatic rings. The van der Waals surface area contributed by atoms with Crippen molar-refractivity contribution in [2.75, 3.05) is 7.11 Å². The molecule has 0 atom stereocenters. The van der Waals surface area contributed by atoms with Gasteiger partial charge in [0.1, 0.15) is 11.5 Å². The first-order chi connectivity index (χ1) is 13.7. The van der Waals surface area contributed by atoms with Crippen LogP contribution in [0.15, 0.2) is 52.5 Å². The monoisotopic (exact) mass is 396 g/mol. The first-order valence-electron chi connectivity index (χ1n) is 8.41. The summed E-state index contributed by atoms with van der Waals surface area (Å²) in [5, 5.41) is 6.62. The van der Waals surface area contributed by atoms with Gasteiger partial charge in [0.2, 0.25) is 11.7 Å². The van der Waals surface area contributed by atoms with E-state index in [1.165, 1.54) is 11.3 Å². The second kappa shape index (κ2) is 8.05. The largest absolute Gasteiger partial charge is 0.497 e. The predicted octanol–water partition coefficient (Wildman–Crippen LogP) is 3.20. The summed E-state index contributed by atoms with van der Waals surface area (Å²) < 4.78 is 16.8. The highest BCUT2D eigenvalue weighted by Gasteiger charge is 2.11. The third kappa shape index (κ3) is 4.09. The lowest BCUT2D eigenvalue weighted by molar-refractivity contribution is 0.0946. The third-order valence-electron chi connectivity index (χ3n) is 3.93. The van der Waals surface area contributed by atoms with E-state index in [0.29, 0.717) is 23.0 Å². The molecule has 0 fully saturated rings. The Morgan fingerprint density at radius 2 is 2.00 bits per heavy atom. The molecule has 0 aliphatic rings. The van der Waals surface area contributed by atoms with E-state index in [-0.39, 0.29) is 19.1 Å². The maximum Gasteiger partial charge on any atom is 0.251 e. The average Bonchev–Trinajstić information content (AvgIpc) is 3.39. The number of ether oxygens (including phenoxy) is 2. The quantitative estimate of drug-likeness (QED) is 0.512. The van der Waals surface area contributed by atoms with Crippen LogP contribution in [0, 0.1) is 0 Å². The molecular formula is C19H16N4O4S. The van der Waals surface area contributed by atoms with E-state index < -0.39 is 0 Å². The van der Waals surface area contributed by atoms with Gasteiger partial charge in [-0.3, -0.25) is 4.79 Å². The van der Waals surface area contributed by atoms with Crippen molar-refractivity contribution in [2.45, 2.75) is 13.2 Å². The Balaban J connectivity index is 1.30. The van der Waals surface area contributed by atoms with Crippen LogP contribution in [0.4, 0.5) is 0 Å². The van der Waals surface area contributed by atoms with Gasteiger partial charge in [-0.05, 0) is 42.5 Å². The Labute approximate surface area is 164 Å². The van der Waals surface area contributed by atoms with Gasteiger partial charge in [0, 0.05) is 5.56 Å². The van der Waals surface area contributed by atoms with Crippen LogP contribution in [0.1, 0.15) is 22.1 Å². The Hall–Kier alpha value is -3.46. The first kappa shape index (κ1) is 17.9. The molecule has 0 radical (unpaired) electrons. The second-order valence-corrected chi connectivity index (χ2v) is 6.67. The summed E-state index contributed by atoms with van der Waals surface area (Å²) >= 11 is 1.49. The molecule has 2 heterocycles. The fraction of sp³-hybridized carbons (Fsp3) is 0.158. The molecule has 0 bridgehead atoms. The summed E-state index contributed by atoms with van der Waals surface area (Å²) in [5.74, 6) is 1.90. The number of amides is 1. The zero-order chi connectivity index (χ0) is 19.3. The van der Waals surface area contributed by atoms with Gasteiger partial charge in [-0.25, -0.2) is 4.98 Å².